The van der Waals surface area contributed by atoms with Crippen LogP contribution in [-0.2, 0) is 27.5 Å². The van der Waals surface area contributed by atoms with Gasteiger partial charge in [0.1, 0.15) is 24.2 Å². The molecule has 2 aromatic rings. The second kappa shape index (κ2) is 9.82. The van der Waals surface area contributed by atoms with Crippen molar-refractivity contribution in [2.75, 3.05) is 5.32 Å². The predicted molar refractivity (Wildman–Crippen MR) is 114 cm³/mol. The molecule has 0 saturated carbocycles. The van der Waals surface area contributed by atoms with Crippen LogP contribution in [0.4, 0.5) is 23.7 Å². The lowest BCUT2D eigenvalue weighted by atomic mass is 10.0. The summed E-state index contributed by atoms with van der Waals surface area (Å²) >= 11 is 5.82. The molecular formula is C22H17ClF3N3O6. The summed E-state index contributed by atoms with van der Waals surface area (Å²) in [6.07, 6.45) is -0.793. The van der Waals surface area contributed by atoms with Crippen molar-refractivity contribution in [3.8, 4) is 5.75 Å². The van der Waals surface area contributed by atoms with Crippen molar-refractivity contribution < 1.29 is 41.8 Å². The van der Waals surface area contributed by atoms with Gasteiger partial charge in [0, 0.05) is 34.3 Å². The maximum Gasteiger partial charge on any atom is 0.411 e. The predicted octanol–water partition coefficient (Wildman–Crippen LogP) is 3.59. The third-order valence-corrected chi connectivity index (χ3v) is 5.59. The fourth-order valence-electron chi connectivity index (χ4n) is 3.86. The smallest absolute Gasteiger partial charge is 0.411 e. The van der Waals surface area contributed by atoms with Crippen LogP contribution in [0.2, 0.25) is 5.02 Å². The fraction of sp³-hybridized carbons (Fsp3) is 0.273. The molecule has 13 heteroatoms. The number of fused-ring (bicyclic) bond motifs is 1. The van der Waals surface area contributed by atoms with Gasteiger partial charge < -0.3 is 14.4 Å². The van der Waals surface area contributed by atoms with Gasteiger partial charge >= 0.3 is 12.7 Å². The first-order chi connectivity index (χ1) is 16.6. The highest BCUT2D eigenvalue weighted by Gasteiger charge is 2.40. The summed E-state index contributed by atoms with van der Waals surface area (Å²) in [7, 11) is 0. The summed E-state index contributed by atoms with van der Waals surface area (Å²) in [4.78, 5) is 49.7. The quantitative estimate of drug-likeness (QED) is 0.573. The number of rotatable bonds is 6. The second-order valence-electron chi connectivity index (χ2n) is 7.76. The van der Waals surface area contributed by atoms with Gasteiger partial charge in [0.05, 0.1) is 6.54 Å². The normalized spacial score (nSPS) is 17.3. The summed E-state index contributed by atoms with van der Waals surface area (Å²) in [5.74, 6) is -2.62. The molecule has 1 atom stereocenters. The van der Waals surface area contributed by atoms with Crippen molar-refractivity contribution in [2.45, 2.75) is 38.6 Å². The Morgan fingerprint density at radius 3 is 2.69 bits per heavy atom. The molecule has 2 heterocycles. The minimum atomic E-state index is -3.09. The molecule has 184 valence electrons. The zero-order chi connectivity index (χ0) is 25.3. The van der Waals surface area contributed by atoms with Crippen molar-refractivity contribution in [3.63, 3.8) is 0 Å². The van der Waals surface area contributed by atoms with E-state index >= 15 is 0 Å². The summed E-state index contributed by atoms with van der Waals surface area (Å²) in [5, 5.41) is 4.48. The molecule has 35 heavy (non-hydrogen) atoms. The van der Waals surface area contributed by atoms with Crippen molar-refractivity contribution in [2.24, 2.45) is 0 Å². The van der Waals surface area contributed by atoms with Crippen LogP contribution < -0.4 is 15.4 Å². The molecule has 0 aromatic heterocycles. The van der Waals surface area contributed by atoms with Gasteiger partial charge in [-0.1, -0.05) is 11.6 Å². The first-order valence-electron chi connectivity index (χ1n) is 10.3. The van der Waals surface area contributed by atoms with Gasteiger partial charge in [0.2, 0.25) is 11.8 Å². The molecule has 1 saturated heterocycles. The monoisotopic (exact) mass is 511 g/mol. The third-order valence-electron chi connectivity index (χ3n) is 5.37. The number of carbonyl (C=O) groups is 4. The average Bonchev–Trinajstić information content (AvgIpc) is 3.08. The molecular weight excluding hydrogens is 495 g/mol. The zero-order valence-corrected chi connectivity index (χ0v) is 18.5. The van der Waals surface area contributed by atoms with Crippen molar-refractivity contribution in [3.05, 3.63) is 57.9 Å². The van der Waals surface area contributed by atoms with Gasteiger partial charge in [-0.3, -0.25) is 25.0 Å². The molecule has 4 rings (SSSR count). The van der Waals surface area contributed by atoms with Gasteiger partial charge in [-0.2, -0.15) is 8.78 Å². The highest BCUT2D eigenvalue weighted by Crippen LogP contribution is 2.31. The number of carbonyl (C=O) groups excluding carboxylic acids is 4. The van der Waals surface area contributed by atoms with Gasteiger partial charge in [0.25, 0.3) is 5.91 Å². The first-order valence-corrected chi connectivity index (χ1v) is 10.6. The summed E-state index contributed by atoms with van der Waals surface area (Å²) in [5.41, 5.74) is 0.312. The van der Waals surface area contributed by atoms with E-state index in [1.165, 1.54) is 17.0 Å². The summed E-state index contributed by atoms with van der Waals surface area (Å²) in [6, 6.07) is 5.07. The Hall–Kier alpha value is -3.80. The van der Waals surface area contributed by atoms with E-state index in [1.54, 1.807) is 0 Å². The standard InChI is InChI=1S/C22H17ClF3N3O6/c23-11-5-12(7-13(6-11)35-21(25)26)27-22(33)34-9-10-3-14-15(16(24)4-10)8-29(20(14)32)17-1-2-18(30)28-19(17)31/h3-7,17,21H,1-2,8-9H2,(H,27,33)(H,28,30,31). The highest BCUT2D eigenvalue weighted by atomic mass is 35.5. The Kier molecular flexibility index (Phi) is 6.83. The Labute approximate surface area is 201 Å². The van der Waals surface area contributed by atoms with E-state index in [4.69, 9.17) is 16.3 Å². The second-order valence-corrected chi connectivity index (χ2v) is 8.20. The van der Waals surface area contributed by atoms with E-state index in [1.807, 2.05) is 0 Å². The maximum absolute atomic E-state index is 14.7. The van der Waals surface area contributed by atoms with Crippen LogP contribution in [0.1, 0.15) is 34.3 Å². The lowest BCUT2D eigenvalue weighted by Gasteiger charge is -2.29. The molecule has 2 aliphatic rings. The van der Waals surface area contributed by atoms with Crippen LogP contribution in [-0.4, -0.2) is 41.4 Å². The molecule has 0 aliphatic carbocycles. The Balaban J connectivity index is 1.41. The van der Waals surface area contributed by atoms with E-state index in [0.29, 0.717) is 0 Å². The molecule has 2 aromatic carbocycles. The highest BCUT2D eigenvalue weighted by molar-refractivity contribution is 6.31. The number of benzene rings is 2. The maximum atomic E-state index is 14.7. The number of nitrogens with zero attached hydrogens (tertiary/aromatic N) is 1. The number of hydrogen-bond acceptors (Lipinski definition) is 6. The number of nitrogens with one attached hydrogen (secondary N) is 2. The number of anilines is 1. The SMILES string of the molecule is O=C1CCC(N2Cc3c(F)cc(COC(=O)Nc4cc(Cl)cc(OC(F)F)c4)cc3C2=O)C(=O)N1. The minimum absolute atomic E-state index is 0.0216. The van der Waals surface area contributed by atoms with Crippen molar-refractivity contribution in [1.29, 1.82) is 0 Å². The van der Waals surface area contributed by atoms with Crippen LogP contribution in [0.3, 0.4) is 0 Å². The topological polar surface area (TPSA) is 114 Å². The van der Waals surface area contributed by atoms with Crippen LogP contribution in [0, 0.1) is 5.82 Å². The van der Waals surface area contributed by atoms with E-state index in [-0.39, 0.29) is 52.5 Å². The molecule has 1 fully saturated rings. The van der Waals surface area contributed by atoms with Crippen LogP contribution in [0.5, 0.6) is 5.75 Å². The lowest BCUT2D eigenvalue weighted by Crippen LogP contribution is -2.52. The van der Waals surface area contributed by atoms with Gasteiger partial charge in [-0.05, 0) is 36.2 Å². The summed E-state index contributed by atoms with van der Waals surface area (Å²) < 4.78 is 48.8. The zero-order valence-electron chi connectivity index (χ0n) is 17.8. The Morgan fingerprint density at radius 1 is 1.20 bits per heavy atom. The number of hydrogen-bond donors (Lipinski definition) is 2. The van der Waals surface area contributed by atoms with Crippen LogP contribution >= 0.6 is 11.6 Å². The Bertz CT molecular complexity index is 1230. The van der Waals surface area contributed by atoms with Crippen molar-refractivity contribution >= 4 is 41.1 Å². The molecule has 4 amide bonds. The van der Waals surface area contributed by atoms with Gasteiger partial charge in [-0.15, -0.1) is 0 Å². The molecule has 2 N–H and O–H groups in total. The van der Waals surface area contributed by atoms with Crippen molar-refractivity contribution in [1.82, 2.24) is 10.2 Å². The molecule has 0 spiro atoms. The molecule has 1 unspecified atom stereocenters. The number of piperidine rings is 1. The average molecular weight is 512 g/mol. The molecule has 0 radical (unpaired) electrons. The molecule has 9 nitrogen and oxygen atoms in total. The van der Waals surface area contributed by atoms with Crippen LogP contribution in [0.25, 0.3) is 0 Å². The van der Waals surface area contributed by atoms with E-state index < -0.39 is 48.9 Å². The van der Waals surface area contributed by atoms with Gasteiger partial charge in [0.15, 0.2) is 0 Å². The summed E-state index contributed by atoms with van der Waals surface area (Å²) in [6.45, 7) is -3.63. The molecule has 2 aliphatic heterocycles. The number of imide groups is 1. The van der Waals surface area contributed by atoms with Crippen LogP contribution in [0.15, 0.2) is 30.3 Å². The number of halogens is 4. The van der Waals surface area contributed by atoms with E-state index in [2.05, 4.69) is 15.4 Å². The fourth-order valence-corrected chi connectivity index (χ4v) is 4.09. The number of amides is 4. The minimum Gasteiger partial charge on any atom is -0.444 e. The van der Waals surface area contributed by atoms with Gasteiger partial charge in [-0.25, -0.2) is 9.18 Å². The lowest BCUT2D eigenvalue weighted by molar-refractivity contribution is -0.136. The number of alkyl halides is 2. The number of ether oxygens (including phenoxy) is 2. The largest absolute Gasteiger partial charge is 0.444 e. The third kappa shape index (κ3) is 5.48. The van der Waals surface area contributed by atoms with E-state index in [9.17, 15) is 32.3 Å². The molecule has 0 bridgehead atoms. The Morgan fingerprint density at radius 2 is 1.97 bits per heavy atom. The van der Waals surface area contributed by atoms with E-state index in [0.717, 1.165) is 18.2 Å². The first kappa shape index (κ1) is 24.3.